The second-order valence-corrected chi connectivity index (χ2v) is 7.45. The summed E-state index contributed by atoms with van der Waals surface area (Å²) in [7, 11) is -3.38. The summed E-state index contributed by atoms with van der Waals surface area (Å²) in [4.78, 5) is 3.32. The Kier molecular flexibility index (Phi) is 5.83. The molecule has 1 aromatic heterocycles. The van der Waals surface area contributed by atoms with Gasteiger partial charge in [-0.1, -0.05) is 42.8 Å². The highest BCUT2D eigenvalue weighted by atomic mass is 32.2. The minimum atomic E-state index is -4.70. The van der Waals surface area contributed by atoms with Gasteiger partial charge in [-0.05, 0) is 18.9 Å². The third kappa shape index (κ3) is 5.02. The monoisotopic (exact) mass is 377 g/mol. The van der Waals surface area contributed by atoms with Crippen molar-refractivity contribution < 1.29 is 26.1 Å². The number of sulfonamides is 1. The first-order valence-electron chi connectivity index (χ1n) is 7.67. The van der Waals surface area contributed by atoms with E-state index in [0.717, 1.165) is 6.42 Å². The number of nitrogens with zero attached hydrogens (tertiary/aromatic N) is 2. The van der Waals surface area contributed by atoms with Crippen LogP contribution in [0.5, 0.6) is 0 Å². The van der Waals surface area contributed by atoms with Crippen LogP contribution in [0.15, 0.2) is 28.8 Å². The molecule has 1 heterocycles. The SMILES string of the molecule is CCCC(NS(=O)(=O)CC)c1ccc(-c2noc(C(F)(F)F)n2)cc1. The van der Waals surface area contributed by atoms with Gasteiger partial charge in [-0.3, -0.25) is 0 Å². The standard InChI is InChI=1S/C15H18F3N3O3S/c1-3-5-12(21-25(22,23)4-2)10-6-8-11(9-7-10)13-19-14(24-20-13)15(16,17)18/h6-9,12,21H,3-5H2,1-2H3. The summed E-state index contributed by atoms with van der Waals surface area (Å²) < 4.78 is 67.9. The topological polar surface area (TPSA) is 85.1 Å². The number of alkyl halides is 3. The molecule has 0 saturated heterocycles. The molecule has 138 valence electrons. The van der Waals surface area contributed by atoms with E-state index in [2.05, 4.69) is 19.4 Å². The quantitative estimate of drug-likeness (QED) is 0.798. The summed E-state index contributed by atoms with van der Waals surface area (Å²) in [6.45, 7) is 3.47. The predicted octanol–water partition coefficient (Wildman–Crippen LogP) is 3.54. The lowest BCUT2D eigenvalue weighted by atomic mass is 10.0. The van der Waals surface area contributed by atoms with E-state index in [1.807, 2.05) is 6.92 Å². The fraction of sp³-hybridized carbons (Fsp3) is 0.467. The molecule has 0 aliphatic carbocycles. The van der Waals surface area contributed by atoms with Gasteiger partial charge in [-0.15, -0.1) is 0 Å². The predicted molar refractivity (Wildman–Crippen MR) is 85.0 cm³/mol. The van der Waals surface area contributed by atoms with E-state index in [4.69, 9.17) is 0 Å². The van der Waals surface area contributed by atoms with Gasteiger partial charge in [0.05, 0.1) is 5.75 Å². The lowest BCUT2D eigenvalue weighted by molar-refractivity contribution is -0.159. The average molecular weight is 377 g/mol. The molecule has 25 heavy (non-hydrogen) atoms. The van der Waals surface area contributed by atoms with Gasteiger partial charge < -0.3 is 4.52 Å². The molecule has 2 aromatic rings. The van der Waals surface area contributed by atoms with Crippen LogP contribution in [0.1, 0.15) is 44.2 Å². The van der Waals surface area contributed by atoms with Crippen LogP contribution in [0.25, 0.3) is 11.4 Å². The highest BCUT2D eigenvalue weighted by molar-refractivity contribution is 7.89. The number of halogens is 3. The van der Waals surface area contributed by atoms with E-state index >= 15 is 0 Å². The van der Waals surface area contributed by atoms with E-state index in [1.54, 1.807) is 19.1 Å². The van der Waals surface area contributed by atoms with Crippen molar-refractivity contribution in [3.63, 3.8) is 0 Å². The van der Waals surface area contributed by atoms with Crippen molar-refractivity contribution in [1.29, 1.82) is 0 Å². The van der Waals surface area contributed by atoms with Crippen LogP contribution in [0, 0.1) is 0 Å². The molecule has 0 bridgehead atoms. The summed E-state index contributed by atoms with van der Waals surface area (Å²) in [5.41, 5.74) is 1.05. The maximum absolute atomic E-state index is 12.5. The van der Waals surface area contributed by atoms with Gasteiger partial charge in [0.2, 0.25) is 15.8 Å². The Bertz CT molecular complexity index is 801. The van der Waals surface area contributed by atoms with E-state index < -0.39 is 28.1 Å². The number of nitrogens with one attached hydrogen (secondary N) is 1. The second kappa shape index (κ2) is 7.52. The van der Waals surface area contributed by atoms with Crippen LogP contribution in [0.4, 0.5) is 13.2 Å². The molecule has 1 atom stereocenters. The van der Waals surface area contributed by atoms with Crippen molar-refractivity contribution in [1.82, 2.24) is 14.9 Å². The fourth-order valence-electron chi connectivity index (χ4n) is 2.20. The van der Waals surface area contributed by atoms with Gasteiger partial charge in [0.15, 0.2) is 0 Å². The molecule has 0 spiro atoms. The minimum Gasteiger partial charge on any atom is -0.329 e. The summed E-state index contributed by atoms with van der Waals surface area (Å²) in [5, 5.41) is 3.32. The number of hydrogen-bond acceptors (Lipinski definition) is 5. The average Bonchev–Trinajstić information content (AvgIpc) is 3.05. The smallest absolute Gasteiger partial charge is 0.329 e. The Morgan fingerprint density at radius 3 is 2.32 bits per heavy atom. The fourth-order valence-corrected chi connectivity index (χ4v) is 3.06. The van der Waals surface area contributed by atoms with E-state index in [1.165, 1.54) is 12.1 Å². The zero-order valence-corrected chi connectivity index (χ0v) is 14.5. The van der Waals surface area contributed by atoms with Crippen molar-refractivity contribution in [2.45, 2.75) is 38.9 Å². The Balaban J connectivity index is 2.23. The number of aromatic nitrogens is 2. The molecule has 1 aromatic carbocycles. The largest absolute Gasteiger partial charge is 0.471 e. The Hall–Kier alpha value is -1.94. The molecule has 0 saturated carbocycles. The minimum absolute atomic E-state index is 0.0334. The summed E-state index contributed by atoms with van der Waals surface area (Å²) >= 11 is 0. The lowest BCUT2D eigenvalue weighted by Gasteiger charge is -2.18. The zero-order valence-electron chi connectivity index (χ0n) is 13.7. The second-order valence-electron chi connectivity index (χ2n) is 5.41. The maximum atomic E-state index is 12.5. The molecule has 0 fully saturated rings. The molecule has 0 radical (unpaired) electrons. The van der Waals surface area contributed by atoms with Crippen molar-refractivity contribution in [2.24, 2.45) is 0 Å². The number of benzene rings is 1. The van der Waals surface area contributed by atoms with Crippen molar-refractivity contribution in [3.8, 4) is 11.4 Å². The van der Waals surface area contributed by atoms with Crippen LogP contribution in [0.2, 0.25) is 0 Å². The molecule has 1 N–H and O–H groups in total. The van der Waals surface area contributed by atoms with Gasteiger partial charge in [-0.2, -0.15) is 18.2 Å². The summed E-state index contributed by atoms with van der Waals surface area (Å²) in [6, 6.07) is 5.93. The number of rotatable bonds is 7. The molecule has 0 aliphatic rings. The normalized spacial score (nSPS) is 13.8. The molecule has 0 amide bonds. The highest BCUT2D eigenvalue weighted by Gasteiger charge is 2.38. The molecular weight excluding hydrogens is 359 g/mol. The van der Waals surface area contributed by atoms with Crippen LogP contribution in [-0.2, 0) is 16.2 Å². The van der Waals surface area contributed by atoms with Gasteiger partial charge in [-0.25, -0.2) is 13.1 Å². The molecule has 0 aliphatic heterocycles. The maximum Gasteiger partial charge on any atom is 0.471 e. The van der Waals surface area contributed by atoms with Gasteiger partial charge in [0, 0.05) is 11.6 Å². The van der Waals surface area contributed by atoms with E-state index in [9.17, 15) is 21.6 Å². The highest BCUT2D eigenvalue weighted by Crippen LogP contribution is 2.30. The molecule has 2 rings (SSSR count). The molecular formula is C15H18F3N3O3S. The molecule has 1 unspecified atom stereocenters. The van der Waals surface area contributed by atoms with Gasteiger partial charge >= 0.3 is 12.1 Å². The molecule has 6 nitrogen and oxygen atoms in total. The first-order valence-corrected chi connectivity index (χ1v) is 9.32. The van der Waals surface area contributed by atoms with Crippen molar-refractivity contribution in [3.05, 3.63) is 35.7 Å². The lowest BCUT2D eigenvalue weighted by Crippen LogP contribution is -2.29. The third-order valence-electron chi connectivity index (χ3n) is 3.52. The number of hydrogen-bond donors (Lipinski definition) is 1. The van der Waals surface area contributed by atoms with E-state index in [0.29, 0.717) is 17.5 Å². The zero-order chi connectivity index (χ0) is 18.7. The Labute approximate surface area is 143 Å². The van der Waals surface area contributed by atoms with Crippen LogP contribution in [-0.4, -0.2) is 24.3 Å². The van der Waals surface area contributed by atoms with Crippen molar-refractivity contribution >= 4 is 10.0 Å². The van der Waals surface area contributed by atoms with Crippen molar-refractivity contribution in [2.75, 3.05) is 5.75 Å². The Morgan fingerprint density at radius 2 is 1.84 bits per heavy atom. The first kappa shape index (κ1) is 19.4. The van der Waals surface area contributed by atoms with Crippen LogP contribution in [0.3, 0.4) is 0 Å². The summed E-state index contributed by atoms with van der Waals surface area (Å²) in [5.74, 6) is -1.62. The first-order chi connectivity index (χ1) is 11.7. The van der Waals surface area contributed by atoms with Crippen LogP contribution >= 0.6 is 0 Å². The van der Waals surface area contributed by atoms with Gasteiger partial charge in [0.1, 0.15) is 0 Å². The Morgan fingerprint density at radius 1 is 1.20 bits per heavy atom. The van der Waals surface area contributed by atoms with E-state index in [-0.39, 0.29) is 11.6 Å². The summed E-state index contributed by atoms with van der Waals surface area (Å²) in [6.07, 6.45) is -3.34. The van der Waals surface area contributed by atoms with Gasteiger partial charge in [0.25, 0.3) is 0 Å². The third-order valence-corrected chi connectivity index (χ3v) is 4.92. The van der Waals surface area contributed by atoms with Crippen LogP contribution < -0.4 is 4.72 Å². The molecule has 10 heteroatoms.